The Hall–Kier alpha value is -2.04. The largest absolute Gasteiger partial charge is 0.496 e. The second-order valence-electron chi connectivity index (χ2n) is 5.50. The molecule has 130 valence electrons. The minimum atomic E-state index is -0.00955. The van der Waals surface area contributed by atoms with Crippen molar-refractivity contribution in [3.63, 3.8) is 0 Å². The maximum atomic E-state index is 12.8. The number of carbonyl (C=O) groups is 1. The Balaban J connectivity index is 0.00000288. The standard InChI is InChI=1S/C19H24N2O2.ClH/c1-15-8-9-17(14-18(15)23-2)19(22)21(13-11-20)12-10-16-6-4-3-5-7-16;/h3-9,14H,10-13,20H2,1-2H3;1H. The number of benzene rings is 2. The van der Waals surface area contributed by atoms with Gasteiger partial charge in [0.25, 0.3) is 5.91 Å². The molecule has 0 atom stereocenters. The molecule has 2 rings (SSSR count). The van der Waals surface area contributed by atoms with Crippen molar-refractivity contribution in [1.29, 1.82) is 0 Å². The zero-order chi connectivity index (χ0) is 16.7. The summed E-state index contributed by atoms with van der Waals surface area (Å²) in [5, 5.41) is 0. The van der Waals surface area contributed by atoms with E-state index in [1.807, 2.05) is 37.3 Å². The Morgan fingerprint density at radius 3 is 2.46 bits per heavy atom. The number of hydrogen-bond donors (Lipinski definition) is 1. The number of rotatable bonds is 7. The molecule has 5 heteroatoms. The lowest BCUT2D eigenvalue weighted by molar-refractivity contribution is 0.0761. The van der Waals surface area contributed by atoms with Crippen LogP contribution in [0.2, 0.25) is 0 Å². The van der Waals surface area contributed by atoms with Crippen molar-refractivity contribution < 1.29 is 9.53 Å². The van der Waals surface area contributed by atoms with E-state index in [0.29, 0.717) is 25.2 Å². The second-order valence-corrected chi connectivity index (χ2v) is 5.50. The molecule has 1 amide bonds. The Labute approximate surface area is 150 Å². The number of amides is 1. The van der Waals surface area contributed by atoms with Crippen LogP contribution in [0.5, 0.6) is 5.75 Å². The molecule has 0 aliphatic carbocycles. The summed E-state index contributed by atoms with van der Waals surface area (Å²) in [6.07, 6.45) is 0.815. The third-order valence-electron chi connectivity index (χ3n) is 3.85. The highest BCUT2D eigenvalue weighted by molar-refractivity contribution is 5.94. The third-order valence-corrected chi connectivity index (χ3v) is 3.85. The van der Waals surface area contributed by atoms with Gasteiger partial charge in [-0.2, -0.15) is 0 Å². The number of hydrogen-bond acceptors (Lipinski definition) is 3. The Morgan fingerprint density at radius 2 is 1.83 bits per heavy atom. The highest BCUT2D eigenvalue weighted by Gasteiger charge is 2.16. The van der Waals surface area contributed by atoms with Gasteiger partial charge in [0.15, 0.2) is 0 Å². The first-order valence-electron chi connectivity index (χ1n) is 7.83. The van der Waals surface area contributed by atoms with Gasteiger partial charge in [0.1, 0.15) is 5.75 Å². The number of methoxy groups -OCH3 is 1. The number of carbonyl (C=O) groups excluding carboxylic acids is 1. The summed E-state index contributed by atoms with van der Waals surface area (Å²) in [5.74, 6) is 0.719. The van der Waals surface area contributed by atoms with Crippen LogP contribution in [0, 0.1) is 6.92 Å². The fourth-order valence-corrected chi connectivity index (χ4v) is 2.52. The van der Waals surface area contributed by atoms with Gasteiger partial charge in [-0.1, -0.05) is 36.4 Å². The predicted molar refractivity (Wildman–Crippen MR) is 100 cm³/mol. The van der Waals surface area contributed by atoms with Crippen molar-refractivity contribution >= 4 is 18.3 Å². The van der Waals surface area contributed by atoms with Crippen LogP contribution >= 0.6 is 12.4 Å². The van der Waals surface area contributed by atoms with E-state index in [2.05, 4.69) is 12.1 Å². The summed E-state index contributed by atoms with van der Waals surface area (Å²) in [6, 6.07) is 15.7. The van der Waals surface area contributed by atoms with Crippen molar-refractivity contribution in [3.05, 3.63) is 65.2 Å². The molecule has 2 N–H and O–H groups in total. The van der Waals surface area contributed by atoms with Gasteiger partial charge in [0.2, 0.25) is 0 Å². The van der Waals surface area contributed by atoms with E-state index in [1.54, 1.807) is 18.1 Å². The minimum Gasteiger partial charge on any atom is -0.496 e. The number of halogens is 1. The van der Waals surface area contributed by atoms with E-state index in [9.17, 15) is 4.79 Å². The van der Waals surface area contributed by atoms with Gasteiger partial charge in [-0.05, 0) is 36.6 Å². The number of nitrogens with zero attached hydrogens (tertiary/aromatic N) is 1. The van der Waals surface area contributed by atoms with Crippen molar-refractivity contribution in [2.45, 2.75) is 13.3 Å². The van der Waals surface area contributed by atoms with Gasteiger partial charge < -0.3 is 15.4 Å². The summed E-state index contributed by atoms with van der Waals surface area (Å²) in [5.41, 5.74) is 8.53. The molecule has 0 bridgehead atoms. The van der Waals surface area contributed by atoms with Gasteiger partial charge >= 0.3 is 0 Å². The SMILES string of the molecule is COc1cc(C(=O)N(CCN)CCc2ccccc2)ccc1C.Cl. The summed E-state index contributed by atoms with van der Waals surface area (Å²) in [4.78, 5) is 14.6. The molecule has 0 saturated heterocycles. The van der Waals surface area contributed by atoms with Gasteiger partial charge in [0.05, 0.1) is 7.11 Å². The summed E-state index contributed by atoms with van der Waals surface area (Å²) in [7, 11) is 1.61. The normalized spacial score (nSPS) is 9.96. The average molecular weight is 349 g/mol. The topological polar surface area (TPSA) is 55.6 Å². The molecule has 2 aromatic rings. The lowest BCUT2D eigenvalue weighted by Gasteiger charge is -2.22. The predicted octanol–water partition coefficient (Wildman–Crippen LogP) is 3.07. The summed E-state index contributed by atoms with van der Waals surface area (Å²) < 4.78 is 5.31. The van der Waals surface area contributed by atoms with E-state index in [-0.39, 0.29) is 18.3 Å². The second kappa shape index (κ2) is 9.96. The van der Waals surface area contributed by atoms with E-state index < -0.39 is 0 Å². The Bertz CT molecular complexity index is 647. The molecule has 0 aliphatic heterocycles. The van der Waals surface area contributed by atoms with Gasteiger partial charge in [0, 0.05) is 25.2 Å². The lowest BCUT2D eigenvalue weighted by Crippen LogP contribution is -2.37. The van der Waals surface area contributed by atoms with Crippen LogP contribution < -0.4 is 10.5 Å². The summed E-state index contributed by atoms with van der Waals surface area (Å²) in [6.45, 7) is 3.60. The monoisotopic (exact) mass is 348 g/mol. The van der Waals surface area contributed by atoms with Gasteiger partial charge in [-0.25, -0.2) is 0 Å². The number of nitrogens with two attached hydrogens (primary N) is 1. The molecule has 0 aromatic heterocycles. The van der Waals surface area contributed by atoms with Crippen LogP contribution in [0.3, 0.4) is 0 Å². The average Bonchev–Trinajstić information content (AvgIpc) is 2.59. The maximum Gasteiger partial charge on any atom is 0.254 e. The molecule has 0 fully saturated rings. The van der Waals surface area contributed by atoms with E-state index in [4.69, 9.17) is 10.5 Å². The number of aryl methyl sites for hydroxylation is 1. The molecular weight excluding hydrogens is 324 g/mol. The fraction of sp³-hybridized carbons (Fsp3) is 0.316. The van der Waals surface area contributed by atoms with Crippen LogP contribution in [0.25, 0.3) is 0 Å². The van der Waals surface area contributed by atoms with Gasteiger partial charge in [-0.3, -0.25) is 4.79 Å². The highest BCUT2D eigenvalue weighted by atomic mass is 35.5. The maximum absolute atomic E-state index is 12.8. The highest BCUT2D eigenvalue weighted by Crippen LogP contribution is 2.20. The molecule has 2 aromatic carbocycles. The molecule has 24 heavy (non-hydrogen) atoms. The van der Waals surface area contributed by atoms with Crippen molar-refractivity contribution in [2.75, 3.05) is 26.7 Å². The third kappa shape index (κ3) is 5.25. The van der Waals surface area contributed by atoms with Crippen LogP contribution in [0.4, 0.5) is 0 Å². The van der Waals surface area contributed by atoms with Crippen molar-refractivity contribution in [2.24, 2.45) is 5.73 Å². The quantitative estimate of drug-likeness (QED) is 0.836. The number of ether oxygens (including phenoxy) is 1. The van der Waals surface area contributed by atoms with Crippen LogP contribution in [0.1, 0.15) is 21.5 Å². The van der Waals surface area contributed by atoms with E-state index in [1.165, 1.54) is 5.56 Å². The lowest BCUT2D eigenvalue weighted by atomic mass is 10.1. The van der Waals surface area contributed by atoms with Crippen molar-refractivity contribution in [1.82, 2.24) is 4.90 Å². The van der Waals surface area contributed by atoms with Crippen LogP contribution in [0.15, 0.2) is 48.5 Å². The summed E-state index contributed by atoms with van der Waals surface area (Å²) >= 11 is 0. The van der Waals surface area contributed by atoms with Crippen LogP contribution in [-0.2, 0) is 6.42 Å². The van der Waals surface area contributed by atoms with Gasteiger partial charge in [-0.15, -0.1) is 12.4 Å². The smallest absolute Gasteiger partial charge is 0.254 e. The molecule has 0 aliphatic rings. The minimum absolute atomic E-state index is 0. The Kier molecular flexibility index (Phi) is 8.30. The molecule has 4 nitrogen and oxygen atoms in total. The zero-order valence-electron chi connectivity index (χ0n) is 14.2. The van der Waals surface area contributed by atoms with E-state index >= 15 is 0 Å². The molecule has 0 radical (unpaired) electrons. The van der Waals surface area contributed by atoms with E-state index in [0.717, 1.165) is 17.7 Å². The fourth-order valence-electron chi connectivity index (χ4n) is 2.52. The molecular formula is C19H25ClN2O2. The molecule has 0 saturated carbocycles. The first-order chi connectivity index (χ1) is 11.2. The first kappa shape index (κ1) is 20.0. The molecule has 0 unspecified atom stereocenters. The zero-order valence-corrected chi connectivity index (χ0v) is 15.0. The van der Waals surface area contributed by atoms with Crippen molar-refractivity contribution in [3.8, 4) is 5.75 Å². The molecule has 0 spiro atoms. The first-order valence-corrected chi connectivity index (χ1v) is 7.83. The molecule has 0 heterocycles. The Morgan fingerprint density at radius 1 is 1.12 bits per heavy atom. The van der Waals surface area contributed by atoms with Crippen LogP contribution in [-0.4, -0.2) is 37.6 Å².